The van der Waals surface area contributed by atoms with Crippen molar-refractivity contribution in [2.45, 2.75) is 20.4 Å². The third kappa shape index (κ3) is 3.63. The molecule has 1 atom stereocenters. The highest BCUT2D eigenvalue weighted by molar-refractivity contribution is 5.93. The van der Waals surface area contributed by atoms with Gasteiger partial charge in [0, 0.05) is 30.3 Å². The van der Waals surface area contributed by atoms with Gasteiger partial charge in [-0.3, -0.25) is 4.79 Å². The molecule has 2 N–H and O–H groups in total. The van der Waals surface area contributed by atoms with Gasteiger partial charge in [-0.15, -0.1) is 5.10 Å². The van der Waals surface area contributed by atoms with Crippen LogP contribution in [0.5, 0.6) is 0 Å². The second-order valence-electron chi connectivity index (χ2n) is 4.85. The number of rotatable bonds is 6. The van der Waals surface area contributed by atoms with Crippen molar-refractivity contribution in [2.75, 3.05) is 18.9 Å². The van der Waals surface area contributed by atoms with Crippen LogP contribution in [-0.4, -0.2) is 39.7 Å². The molecule has 0 fully saturated rings. The van der Waals surface area contributed by atoms with E-state index in [1.807, 2.05) is 45.2 Å². The van der Waals surface area contributed by atoms with Crippen molar-refractivity contribution in [3.63, 3.8) is 0 Å². The first-order valence-electron chi connectivity index (χ1n) is 6.97. The zero-order valence-electron chi connectivity index (χ0n) is 12.5. The molecule has 0 aliphatic carbocycles. The fraction of sp³-hybridized carbons (Fsp3) is 0.429. The van der Waals surface area contributed by atoms with Crippen molar-refractivity contribution in [2.24, 2.45) is 5.92 Å². The summed E-state index contributed by atoms with van der Waals surface area (Å²) < 4.78 is 1.71. The Kier molecular flexibility index (Phi) is 4.99. The van der Waals surface area contributed by atoms with Crippen LogP contribution in [-0.2, 0) is 11.3 Å². The van der Waals surface area contributed by atoms with Crippen LogP contribution in [0.1, 0.15) is 13.8 Å². The van der Waals surface area contributed by atoms with Gasteiger partial charge in [-0.1, -0.05) is 19.1 Å². The van der Waals surface area contributed by atoms with Crippen LogP contribution in [0.25, 0.3) is 11.4 Å². The first-order chi connectivity index (χ1) is 10.2. The summed E-state index contributed by atoms with van der Waals surface area (Å²) in [5, 5.41) is 17.5. The number of anilines is 1. The molecule has 21 heavy (non-hydrogen) atoms. The molecule has 1 aromatic heterocycles. The van der Waals surface area contributed by atoms with Gasteiger partial charge < -0.3 is 10.6 Å². The third-order valence-electron chi connectivity index (χ3n) is 3.18. The molecular formula is C14H20N6O. The van der Waals surface area contributed by atoms with Gasteiger partial charge in [-0.2, -0.15) is 0 Å². The van der Waals surface area contributed by atoms with Crippen molar-refractivity contribution in [1.29, 1.82) is 0 Å². The molecule has 7 heteroatoms. The van der Waals surface area contributed by atoms with Crippen LogP contribution in [0, 0.1) is 5.92 Å². The van der Waals surface area contributed by atoms with Gasteiger partial charge in [-0.05, 0) is 36.5 Å². The third-order valence-corrected chi connectivity index (χ3v) is 3.18. The molecule has 0 spiro atoms. The van der Waals surface area contributed by atoms with E-state index < -0.39 is 0 Å². The molecule has 0 radical (unpaired) electrons. The van der Waals surface area contributed by atoms with Gasteiger partial charge in [0.05, 0.1) is 0 Å². The number of aryl methyl sites for hydroxylation is 1. The lowest BCUT2D eigenvalue weighted by Crippen LogP contribution is -2.28. The minimum Gasteiger partial charge on any atom is -0.326 e. The van der Waals surface area contributed by atoms with Crippen LogP contribution in [0.15, 0.2) is 24.3 Å². The first-order valence-corrected chi connectivity index (χ1v) is 6.97. The van der Waals surface area contributed by atoms with E-state index in [1.165, 1.54) is 0 Å². The molecule has 1 amide bonds. The molecule has 1 aromatic carbocycles. The number of aromatic nitrogens is 4. The Morgan fingerprint density at radius 3 is 2.95 bits per heavy atom. The van der Waals surface area contributed by atoms with Gasteiger partial charge >= 0.3 is 0 Å². The predicted octanol–water partition coefficient (Wildman–Crippen LogP) is 1.15. The quantitative estimate of drug-likeness (QED) is 0.833. The zero-order chi connectivity index (χ0) is 15.2. The van der Waals surface area contributed by atoms with E-state index in [0.29, 0.717) is 18.9 Å². The van der Waals surface area contributed by atoms with Crippen LogP contribution >= 0.6 is 0 Å². The Hall–Kier alpha value is -2.28. The average Bonchev–Trinajstić information content (AvgIpc) is 2.96. The maximum Gasteiger partial charge on any atom is 0.228 e. The van der Waals surface area contributed by atoms with E-state index >= 15 is 0 Å². The van der Waals surface area contributed by atoms with Crippen molar-refractivity contribution in [3.8, 4) is 11.4 Å². The maximum atomic E-state index is 12.0. The number of hydrogen-bond donors (Lipinski definition) is 2. The standard InChI is InChI=1S/C14H20N6O/c1-4-20-13(17-18-19-20)11-6-5-7-12(8-11)16-14(21)10(2)9-15-3/h5-8,10,15H,4,9H2,1-3H3,(H,16,21). The van der Waals surface area contributed by atoms with Gasteiger partial charge in [-0.25, -0.2) is 4.68 Å². The highest BCUT2D eigenvalue weighted by Gasteiger charge is 2.13. The molecule has 112 valence electrons. The number of carbonyl (C=O) groups is 1. The molecule has 2 aromatic rings. The lowest BCUT2D eigenvalue weighted by Gasteiger charge is -2.12. The maximum absolute atomic E-state index is 12.0. The van der Waals surface area contributed by atoms with E-state index in [9.17, 15) is 4.79 Å². The lowest BCUT2D eigenvalue weighted by atomic mass is 10.1. The Morgan fingerprint density at radius 1 is 1.43 bits per heavy atom. The van der Waals surface area contributed by atoms with E-state index in [4.69, 9.17) is 0 Å². The monoisotopic (exact) mass is 288 g/mol. The fourth-order valence-corrected chi connectivity index (χ4v) is 2.02. The van der Waals surface area contributed by atoms with Crippen LogP contribution < -0.4 is 10.6 Å². The SMILES string of the molecule is CCn1nnnc1-c1cccc(NC(=O)C(C)CNC)c1. The zero-order valence-corrected chi connectivity index (χ0v) is 12.5. The molecule has 0 bridgehead atoms. The summed E-state index contributed by atoms with van der Waals surface area (Å²) in [7, 11) is 1.83. The number of carbonyl (C=O) groups excluding carboxylic acids is 1. The van der Waals surface area contributed by atoms with Crippen LogP contribution in [0.4, 0.5) is 5.69 Å². The molecule has 2 rings (SSSR count). The van der Waals surface area contributed by atoms with Crippen LogP contribution in [0.2, 0.25) is 0 Å². The van der Waals surface area contributed by atoms with E-state index in [2.05, 4.69) is 26.2 Å². The van der Waals surface area contributed by atoms with Crippen molar-refractivity contribution >= 4 is 11.6 Å². The molecule has 7 nitrogen and oxygen atoms in total. The molecule has 1 heterocycles. The molecule has 0 aliphatic heterocycles. The smallest absolute Gasteiger partial charge is 0.228 e. The Bertz CT molecular complexity index is 609. The molecule has 0 aliphatic rings. The molecule has 0 saturated heterocycles. The van der Waals surface area contributed by atoms with Crippen molar-refractivity contribution in [1.82, 2.24) is 25.5 Å². The minimum absolute atomic E-state index is 0.0171. The molecule has 0 saturated carbocycles. The minimum atomic E-state index is -0.0976. The first kappa shape index (κ1) is 15.1. The summed E-state index contributed by atoms with van der Waals surface area (Å²) >= 11 is 0. The summed E-state index contributed by atoms with van der Waals surface area (Å²) in [5.74, 6) is 0.577. The van der Waals surface area contributed by atoms with Gasteiger partial charge in [0.2, 0.25) is 5.91 Å². The van der Waals surface area contributed by atoms with Gasteiger partial charge in [0.15, 0.2) is 5.82 Å². The van der Waals surface area contributed by atoms with Crippen LogP contribution in [0.3, 0.4) is 0 Å². The molecular weight excluding hydrogens is 268 g/mol. The van der Waals surface area contributed by atoms with Crippen molar-refractivity contribution < 1.29 is 4.79 Å². The summed E-state index contributed by atoms with van der Waals surface area (Å²) in [5.41, 5.74) is 1.62. The number of nitrogens with one attached hydrogen (secondary N) is 2. The van der Waals surface area contributed by atoms with E-state index in [1.54, 1.807) is 4.68 Å². The number of nitrogens with zero attached hydrogens (tertiary/aromatic N) is 4. The number of hydrogen-bond acceptors (Lipinski definition) is 5. The summed E-state index contributed by atoms with van der Waals surface area (Å²) in [4.78, 5) is 12.0. The summed E-state index contributed by atoms with van der Waals surface area (Å²) in [6, 6.07) is 7.53. The Balaban J connectivity index is 2.17. The number of tetrazole rings is 1. The largest absolute Gasteiger partial charge is 0.326 e. The predicted molar refractivity (Wildman–Crippen MR) is 80.6 cm³/mol. The van der Waals surface area contributed by atoms with Gasteiger partial charge in [0.1, 0.15) is 0 Å². The molecule has 1 unspecified atom stereocenters. The summed E-state index contributed by atoms with van der Waals surface area (Å²) in [6.07, 6.45) is 0. The Morgan fingerprint density at radius 2 is 2.24 bits per heavy atom. The fourth-order valence-electron chi connectivity index (χ4n) is 2.02. The lowest BCUT2D eigenvalue weighted by molar-refractivity contribution is -0.119. The topological polar surface area (TPSA) is 84.7 Å². The Labute approximate surface area is 123 Å². The van der Waals surface area contributed by atoms with E-state index in [-0.39, 0.29) is 11.8 Å². The second kappa shape index (κ2) is 6.94. The average molecular weight is 288 g/mol. The normalized spacial score (nSPS) is 12.1. The van der Waals surface area contributed by atoms with Crippen molar-refractivity contribution in [3.05, 3.63) is 24.3 Å². The second-order valence-corrected chi connectivity index (χ2v) is 4.85. The number of benzene rings is 1. The van der Waals surface area contributed by atoms with E-state index in [0.717, 1.165) is 11.3 Å². The summed E-state index contributed by atoms with van der Waals surface area (Å²) in [6.45, 7) is 5.19. The van der Waals surface area contributed by atoms with Gasteiger partial charge in [0.25, 0.3) is 0 Å². The highest BCUT2D eigenvalue weighted by atomic mass is 16.1. The highest BCUT2D eigenvalue weighted by Crippen LogP contribution is 2.20. The number of amides is 1.